The van der Waals surface area contributed by atoms with E-state index in [0.29, 0.717) is 5.92 Å². The maximum Gasteiger partial charge on any atom is -0.0263 e. The lowest BCUT2D eigenvalue weighted by Crippen LogP contribution is -1.90. The molecule has 0 heteroatoms. The molecule has 0 aliphatic rings. The molecule has 0 aromatic carbocycles. The highest BCUT2D eigenvalue weighted by atomic mass is 14.0. The Kier molecular flexibility index (Phi) is 3.59. The van der Waals surface area contributed by atoms with E-state index in [0.717, 1.165) is 0 Å². The van der Waals surface area contributed by atoms with Crippen molar-refractivity contribution in [2.24, 2.45) is 5.92 Å². The summed E-state index contributed by atoms with van der Waals surface area (Å²) in [6.45, 7) is 10.5. The first kappa shape index (κ1) is 7.74. The molecule has 0 aliphatic heterocycles. The third kappa shape index (κ3) is 2.84. The van der Waals surface area contributed by atoms with E-state index in [4.69, 9.17) is 0 Å². The Morgan fingerprint density at radius 1 is 1.50 bits per heavy atom. The molecular formula is C8H16. The van der Waals surface area contributed by atoms with E-state index in [9.17, 15) is 0 Å². The van der Waals surface area contributed by atoms with Crippen molar-refractivity contribution in [2.75, 3.05) is 0 Å². The van der Waals surface area contributed by atoms with Gasteiger partial charge in [0.15, 0.2) is 0 Å². The summed E-state index contributed by atoms with van der Waals surface area (Å²) < 4.78 is 0. The largest absolute Gasteiger partial charge is 0.0996 e. The van der Waals surface area contributed by atoms with Crippen molar-refractivity contribution in [1.29, 1.82) is 0 Å². The topological polar surface area (TPSA) is 0 Å². The first-order chi connectivity index (χ1) is 3.68. The molecule has 0 saturated carbocycles. The van der Waals surface area contributed by atoms with Gasteiger partial charge < -0.3 is 0 Å². The smallest absolute Gasteiger partial charge is 0.0263 e. The minimum Gasteiger partial charge on any atom is -0.0996 e. The van der Waals surface area contributed by atoms with Gasteiger partial charge in [0.05, 0.1) is 0 Å². The van der Waals surface area contributed by atoms with Crippen LogP contribution in [-0.2, 0) is 0 Å². The second-order valence-electron chi connectivity index (χ2n) is 2.56. The fourth-order valence-corrected chi connectivity index (χ4v) is 0.610. The van der Waals surface area contributed by atoms with Crippen molar-refractivity contribution in [2.45, 2.75) is 33.6 Å². The van der Waals surface area contributed by atoms with Crippen LogP contribution in [0.15, 0.2) is 12.2 Å². The average molecular weight is 112 g/mol. The van der Waals surface area contributed by atoms with Gasteiger partial charge in [-0.2, -0.15) is 0 Å². The molecule has 0 fully saturated rings. The number of hydrogen-bond acceptors (Lipinski definition) is 0. The van der Waals surface area contributed by atoms with Crippen LogP contribution in [0, 0.1) is 5.92 Å². The van der Waals surface area contributed by atoms with Crippen LogP contribution >= 0.6 is 0 Å². The maximum atomic E-state index is 3.94. The standard InChI is InChI=1S/C8H16/c1-5-6-8(4)7(2)3/h7H,4-6H2,1-3H3. The van der Waals surface area contributed by atoms with Crippen molar-refractivity contribution >= 4 is 0 Å². The van der Waals surface area contributed by atoms with Gasteiger partial charge in [-0.05, 0) is 12.3 Å². The van der Waals surface area contributed by atoms with Gasteiger partial charge in [0.2, 0.25) is 0 Å². The van der Waals surface area contributed by atoms with Crippen molar-refractivity contribution in [3.05, 3.63) is 12.2 Å². The van der Waals surface area contributed by atoms with E-state index in [2.05, 4.69) is 27.4 Å². The first-order valence-corrected chi connectivity index (χ1v) is 3.36. The SMILES string of the molecule is C=C(CCC)C(C)C. The van der Waals surface area contributed by atoms with E-state index in [1.807, 2.05) is 0 Å². The maximum absolute atomic E-state index is 3.94. The van der Waals surface area contributed by atoms with Crippen LogP contribution in [0.5, 0.6) is 0 Å². The fourth-order valence-electron chi connectivity index (χ4n) is 0.610. The zero-order valence-corrected chi connectivity index (χ0v) is 6.20. The van der Waals surface area contributed by atoms with Crippen LogP contribution in [-0.4, -0.2) is 0 Å². The van der Waals surface area contributed by atoms with Gasteiger partial charge in [-0.15, -0.1) is 0 Å². The van der Waals surface area contributed by atoms with Crippen molar-refractivity contribution < 1.29 is 0 Å². The quantitative estimate of drug-likeness (QED) is 0.492. The summed E-state index contributed by atoms with van der Waals surface area (Å²) in [6, 6.07) is 0. The molecule has 0 aromatic rings. The summed E-state index contributed by atoms with van der Waals surface area (Å²) in [5.41, 5.74) is 1.38. The molecule has 0 spiro atoms. The molecule has 0 atom stereocenters. The Morgan fingerprint density at radius 3 is 2.12 bits per heavy atom. The van der Waals surface area contributed by atoms with Crippen LogP contribution < -0.4 is 0 Å². The average Bonchev–Trinajstić information content (AvgIpc) is 1.67. The van der Waals surface area contributed by atoms with Gasteiger partial charge in [0, 0.05) is 0 Å². The van der Waals surface area contributed by atoms with E-state index in [1.165, 1.54) is 18.4 Å². The third-order valence-electron chi connectivity index (χ3n) is 1.39. The molecule has 0 bridgehead atoms. The highest BCUT2D eigenvalue weighted by Crippen LogP contribution is 2.11. The summed E-state index contributed by atoms with van der Waals surface area (Å²) in [5.74, 6) is 0.676. The second kappa shape index (κ2) is 3.71. The lowest BCUT2D eigenvalue weighted by Gasteiger charge is -2.05. The van der Waals surface area contributed by atoms with Gasteiger partial charge in [0.1, 0.15) is 0 Å². The van der Waals surface area contributed by atoms with Crippen molar-refractivity contribution in [3.63, 3.8) is 0 Å². The Bertz CT molecular complexity index is 70.1. The molecule has 0 unspecified atom stereocenters. The molecular weight excluding hydrogens is 96.1 g/mol. The lowest BCUT2D eigenvalue weighted by molar-refractivity contribution is 0.706. The molecule has 0 nitrogen and oxygen atoms in total. The Morgan fingerprint density at radius 2 is 2.00 bits per heavy atom. The van der Waals surface area contributed by atoms with Crippen LogP contribution in [0.3, 0.4) is 0 Å². The van der Waals surface area contributed by atoms with Crippen molar-refractivity contribution in [3.8, 4) is 0 Å². The molecule has 0 saturated heterocycles. The van der Waals surface area contributed by atoms with E-state index in [-0.39, 0.29) is 0 Å². The first-order valence-electron chi connectivity index (χ1n) is 3.36. The molecule has 8 heavy (non-hydrogen) atoms. The van der Waals surface area contributed by atoms with E-state index >= 15 is 0 Å². The van der Waals surface area contributed by atoms with Crippen LogP contribution in [0.2, 0.25) is 0 Å². The van der Waals surface area contributed by atoms with Gasteiger partial charge in [-0.3, -0.25) is 0 Å². The summed E-state index contributed by atoms with van der Waals surface area (Å²) >= 11 is 0. The predicted molar refractivity (Wildman–Crippen MR) is 38.9 cm³/mol. The molecule has 0 N–H and O–H groups in total. The Labute approximate surface area is 52.6 Å². The van der Waals surface area contributed by atoms with Crippen LogP contribution in [0.1, 0.15) is 33.6 Å². The van der Waals surface area contributed by atoms with Gasteiger partial charge in [-0.25, -0.2) is 0 Å². The summed E-state index contributed by atoms with van der Waals surface area (Å²) in [5, 5.41) is 0. The molecule has 0 aliphatic carbocycles. The zero-order valence-electron chi connectivity index (χ0n) is 6.20. The lowest BCUT2D eigenvalue weighted by atomic mass is 10.0. The summed E-state index contributed by atoms with van der Waals surface area (Å²) in [6.07, 6.45) is 2.43. The highest BCUT2D eigenvalue weighted by Gasteiger charge is 1.95. The monoisotopic (exact) mass is 112 g/mol. The van der Waals surface area contributed by atoms with Crippen LogP contribution in [0.25, 0.3) is 0 Å². The number of rotatable bonds is 3. The molecule has 0 rings (SSSR count). The Hall–Kier alpha value is -0.260. The van der Waals surface area contributed by atoms with E-state index in [1.54, 1.807) is 0 Å². The minimum atomic E-state index is 0.676. The van der Waals surface area contributed by atoms with Crippen molar-refractivity contribution in [1.82, 2.24) is 0 Å². The number of hydrogen-bond donors (Lipinski definition) is 0. The number of allylic oxidation sites excluding steroid dienone is 1. The van der Waals surface area contributed by atoms with Crippen LogP contribution in [0.4, 0.5) is 0 Å². The molecule has 0 radical (unpaired) electrons. The van der Waals surface area contributed by atoms with Gasteiger partial charge in [0.25, 0.3) is 0 Å². The molecule has 0 amide bonds. The van der Waals surface area contributed by atoms with Gasteiger partial charge >= 0.3 is 0 Å². The third-order valence-corrected chi connectivity index (χ3v) is 1.39. The molecule has 48 valence electrons. The molecule has 0 aromatic heterocycles. The second-order valence-corrected chi connectivity index (χ2v) is 2.56. The normalized spacial score (nSPS) is 10.0. The predicted octanol–water partition coefficient (Wildman–Crippen LogP) is 3.00. The zero-order chi connectivity index (χ0) is 6.57. The Balaban J connectivity index is 3.33. The van der Waals surface area contributed by atoms with E-state index < -0.39 is 0 Å². The highest BCUT2D eigenvalue weighted by molar-refractivity contribution is 4.96. The molecule has 0 heterocycles. The minimum absolute atomic E-state index is 0.676. The summed E-state index contributed by atoms with van der Waals surface area (Å²) in [4.78, 5) is 0. The van der Waals surface area contributed by atoms with Gasteiger partial charge in [-0.1, -0.05) is 39.3 Å². The fraction of sp³-hybridized carbons (Fsp3) is 0.750. The summed E-state index contributed by atoms with van der Waals surface area (Å²) in [7, 11) is 0.